The van der Waals surface area contributed by atoms with Gasteiger partial charge in [0.1, 0.15) is 0 Å². The molecule has 1 aliphatic rings. The van der Waals surface area contributed by atoms with Gasteiger partial charge in [0, 0.05) is 31.6 Å². The van der Waals surface area contributed by atoms with Crippen molar-refractivity contribution >= 4 is 26.4 Å². The Morgan fingerprint density at radius 3 is 2.41 bits per heavy atom. The smallest absolute Gasteiger partial charge is 0.0599 e. The molecule has 17 heavy (non-hydrogen) atoms. The van der Waals surface area contributed by atoms with Gasteiger partial charge in [-0.2, -0.15) is 0 Å². The van der Waals surface area contributed by atoms with Crippen LogP contribution in [-0.4, -0.2) is 29.8 Å². The van der Waals surface area contributed by atoms with Gasteiger partial charge in [-0.1, -0.05) is 44.2 Å². The summed E-state index contributed by atoms with van der Waals surface area (Å²) in [5.74, 6) is 0.515. The highest BCUT2D eigenvalue weighted by atomic mass is 32.0. The molecule has 1 fully saturated rings. The summed E-state index contributed by atoms with van der Waals surface area (Å²) < 4.78 is 6.61. The van der Waals surface area contributed by atoms with Crippen molar-refractivity contribution in [2.75, 3.05) is 13.1 Å². The lowest BCUT2D eigenvalue weighted by atomic mass is 9.66. The Bertz CT molecular complexity index is 334. The van der Waals surface area contributed by atoms with Gasteiger partial charge in [-0.3, -0.25) is 9.42 Å². The van der Waals surface area contributed by atoms with E-state index in [4.69, 9.17) is 5.53 Å². The summed E-state index contributed by atoms with van der Waals surface area (Å²) in [5, 5.41) is 3.71. The topological polar surface area (TPSA) is 64.4 Å². The fraction of sp³-hybridized carbons (Fsp3) is 1.00. The van der Waals surface area contributed by atoms with E-state index in [0.29, 0.717) is 24.5 Å². The van der Waals surface area contributed by atoms with E-state index in [1.165, 1.54) is 0 Å². The predicted molar refractivity (Wildman–Crippen MR) is 80.0 cm³/mol. The van der Waals surface area contributed by atoms with Crippen molar-refractivity contribution in [3.05, 3.63) is 10.4 Å². The molecular formula is C9H20N5P3. The van der Waals surface area contributed by atoms with Crippen LogP contribution in [0.4, 0.5) is 0 Å². The molecule has 1 heterocycles. The highest BCUT2D eigenvalue weighted by molar-refractivity contribution is 7.97. The highest BCUT2D eigenvalue weighted by Crippen LogP contribution is 2.46. The molecule has 0 aromatic heterocycles. The Labute approximate surface area is 109 Å². The Kier molecular flexibility index (Phi) is 5.77. The van der Waals surface area contributed by atoms with E-state index in [2.05, 4.69) is 58.5 Å². The average molecular weight is 291 g/mol. The second kappa shape index (κ2) is 6.41. The standard InChI is InChI=1S/C9H20N5P3/c1-9(2,3)8-6(4-11-13-10)14(15)7(8)5-12-17-16/h6-8H,4-5,15-16H2,1-3H3/t6-,7+,8?/m0/s1. The Hall–Kier alpha value is 0.230. The van der Waals surface area contributed by atoms with Crippen LogP contribution in [0.3, 0.4) is 0 Å². The molecule has 8 heteroatoms. The van der Waals surface area contributed by atoms with Gasteiger partial charge < -0.3 is 0 Å². The van der Waals surface area contributed by atoms with Crippen LogP contribution in [0.2, 0.25) is 0 Å². The molecule has 5 nitrogen and oxygen atoms in total. The molecular weight excluding hydrogens is 271 g/mol. The summed E-state index contributed by atoms with van der Waals surface area (Å²) in [7, 11) is 6.35. The third kappa shape index (κ3) is 3.60. The van der Waals surface area contributed by atoms with E-state index in [0.717, 1.165) is 14.6 Å². The summed E-state index contributed by atoms with van der Waals surface area (Å²) in [6, 6.07) is 0.754. The second-order valence-corrected chi connectivity index (χ2v) is 7.13. The molecule has 0 aliphatic carbocycles. The van der Waals surface area contributed by atoms with E-state index in [1.807, 2.05) is 0 Å². The van der Waals surface area contributed by atoms with Crippen molar-refractivity contribution in [1.82, 2.24) is 4.67 Å². The molecule has 3 unspecified atom stereocenters. The second-order valence-electron chi connectivity index (χ2n) is 5.33. The molecule has 0 aromatic rings. The van der Waals surface area contributed by atoms with Gasteiger partial charge in [-0.25, -0.2) is 0 Å². The fourth-order valence-electron chi connectivity index (χ4n) is 2.59. The van der Waals surface area contributed by atoms with Crippen LogP contribution < -0.4 is 0 Å². The summed E-state index contributed by atoms with van der Waals surface area (Å²) in [5.41, 5.74) is 8.64. The number of hydrogen-bond acceptors (Lipinski definition) is 3. The summed E-state index contributed by atoms with van der Waals surface area (Å²) in [6.45, 7) is 8.10. The van der Waals surface area contributed by atoms with Gasteiger partial charge in [-0.15, -0.1) is 0 Å². The van der Waals surface area contributed by atoms with Crippen molar-refractivity contribution in [2.24, 2.45) is 21.2 Å². The van der Waals surface area contributed by atoms with E-state index < -0.39 is 0 Å². The third-order valence-electron chi connectivity index (χ3n) is 3.28. The van der Waals surface area contributed by atoms with Crippen molar-refractivity contribution in [3.63, 3.8) is 0 Å². The monoisotopic (exact) mass is 291 g/mol. The normalized spacial score (nSPS) is 30.1. The Balaban J connectivity index is 2.77. The van der Waals surface area contributed by atoms with Gasteiger partial charge in [0.05, 0.1) is 6.54 Å². The van der Waals surface area contributed by atoms with E-state index in [9.17, 15) is 0 Å². The lowest BCUT2D eigenvalue weighted by Gasteiger charge is -2.57. The minimum Gasteiger partial charge on any atom is -0.279 e. The van der Waals surface area contributed by atoms with Crippen LogP contribution in [0.1, 0.15) is 20.8 Å². The molecule has 1 rings (SSSR count). The zero-order chi connectivity index (χ0) is 13.1. The van der Waals surface area contributed by atoms with Crippen molar-refractivity contribution in [2.45, 2.75) is 32.9 Å². The lowest BCUT2D eigenvalue weighted by Crippen LogP contribution is -2.65. The van der Waals surface area contributed by atoms with E-state index >= 15 is 0 Å². The predicted octanol–water partition coefficient (Wildman–Crippen LogP) is 3.72. The largest absolute Gasteiger partial charge is 0.279 e. The first kappa shape index (κ1) is 15.3. The maximum atomic E-state index is 8.43. The Morgan fingerprint density at radius 1 is 1.35 bits per heavy atom. The van der Waals surface area contributed by atoms with Crippen molar-refractivity contribution in [1.29, 1.82) is 0 Å². The maximum Gasteiger partial charge on any atom is 0.0599 e. The lowest BCUT2D eigenvalue weighted by molar-refractivity contribution is -0.0323. The molecule has 0 radical (unpaired) electrons. The van der Waals surface area contributed by atoms with E-state index in [1.54, 1.807) is 0 Å². The zero-order valence-electron chi connectivity index (χ0n) is 10.5. The summed E-state index contributed by atoms with van der Waals surface area (Å²) >= 11 is 0. The molecule has 0 amide bonds. The van der Waals surface area contributed by atoms with Crippen LogP contribution in [0, 0.1) is 11.3 Å². The van der Waals surface area contributed by atoms with Gasteiger partial charge >= 0.3 is 0 Å². The Morgan fingerprint density at radius 2 is 1.94 bits per heavy atom. The van der Waals surface area contributed by atoms with Crippen LogP contribution in [0.5, 0.6) is 0 Å². The highest BCUT2D eigenvalue weighted by Gasteiger charge is 2.50. The molecule has 0 spiro atoms. The first-order valence-corrected chi connectivity index (χ1v) is 8.52. The molecule has 1 aliphatic heterocycles. The van der Waals surface area contributed by atoms with Gasteiger partial charge in [0.15, 0.2) is 0 Å². The van der Waals surface area contributed by atoms with Crippen molar-refractivity contribution in [3.8, 4) is 0 Å². The van der Waals surface area contributed by atoms with E-state index in [-0.39, 0.29) is 5.41 Å². The van der Waals surface area contributed by atoms with Gasteiger partial charge in [-0.05, 0) is 16.9 Å². The molecule has 1 saturated heterocycles. The SMILES string of the molecule is CC(C)(C)C1[C@@H](CN=PP)N(P)[C@H]1CN=[N+]=[N-]. The quantitative estimate of drug-likeness (QED) is 0.337. The third-order valence-corrected chi connectivity index (χ3v) is 4.86. The molecule has 96 valence electrons. The van der Waals surface area contributed by atoms with Crippen LogP contribution in [0.15, 0.2) is 9.86 Å². The van der Waals surface area contributed by atoms with Gasteiger partial charge in [0.2, 0.25) is 0 Å². The number of hydrogen-bond donors (Lipinski definition) is 0. The molecule has 0 N–H and O–H groups in total. The fourth-order valence-corrected chi connectivity index (χ4v) is 3.70. The number of azide groups is 1. The molecule has 0 aromatic carbocycles. The van der Waals surface area contributed by atoms with Gasteiger partial charge in [0.25, 0.3) is 0 Å². The summed E-state index contributed by atoms with van der Waals surface area (Å²) in [6.07, 6.45) is 0. The number of nitrogens with zero attached hydrogens (tertiary/aromatic N) is 5. The minimum absolute atomic E-state index is 0.209. The average Bonchev–Trinajstić information content (AvgIpc) is 2.24. The zero-order valence-corrected chi connectivity index (χ0v) is 13.7. The van der Waals surface area contributed by atoms with Crippen molar-refractivity contribution < 1.29 is 0 Å². The maximum absolute atomic E-state index is 8.43. The van der Waals surface area contributed by atoms with Crippen LogP contribution in [-0.2, 0) is 0 Å². The first-order valence-electron chi connectivity index (χ1n) is 5.54. The number of rotatable bonds is 4. The van der Waals surface area contributed by atoms with Crippen LogP contribution in [0.25, 0.3) is 10.4 Å². The summed E-state index contributed by atoms with van der Waals surface area (Å²) in [4.78, 5) is 2.86. The first-order chi connectivity index (χ1) is 7.93. The molecule has 0 bridgehead atoms. The van der Waals surface area contributed by atoms with Crippen LogP contribution >= 0.6 is 26.4 Å². The minimum atomic E-state index is 0.209. The molecule has 5 atom stereocenters. The molecule has 0 saturated carbocycles.